The van der Waals surface area contributed by atoms with E-state index in [0.717, 1.165) is 24.7 Å². The number of imidazole rings is 1. The molecule has 3 aromatic heterocycles. The molecular weight excluding hydrogens is 525 g/mol. The minimum Gasteiger partial charge on any atom is -0.490 e. The van der Waals surface area contributed by atoms with E-state index in [1.54, 1.807) is 18.2 Å². The van der Waals surface area contributed by atoms with Gasteiger partial charge in [-0.15, -0.1) is 0 Å². The van der Waals surface area contributed by atoms with E-state index >= 15 is 0 Å². The number of alkyl halides is 3. The van der Waals surface area contributed by atoms with Crippen molar-refractivity contribution in [1.29, 1.82) is 0 Å². The Labute approximate surface area is 220 Å². The number of halogens is 4. The molecule has 198 valence electrons. The molecule has 0 aliphatic heterocycles. The lowest BCUT2D eigenvalue weighted by Crippen LogP contribution is -2.05. The van der Waals surface area contributed by atoms with Crippen molar-refractivity contribution in [3.8, 4) is 40.3 Å². The number of hydrogen-bond donors (Lipinski definition) is 0. The zero-order valence-corrected chi connectivity index (χ0v) is 21.3. The first-order chi connectivity index (χ1) is 18.2. The Morgan fingerprint density at radius 2 is 1.84 bits per heavy atom. The lowest BCUT2D eigenvalue weighted by atomic mass is 10.1. The Bertz CT molecular complexity index is 1490. The summed E-state index contributed by atoms with van der Waals surface area (Å²) in [5, 5.41) is 0.226. The van der Waals surface area contributed by atoms with Crippen LogP contribution in [0.3, 0.4) is 0 Å². The highest BCUT2D eigenvalue weighted by Crippen LogP contribution is 2.45. The zero-order valence-electron chi connectivity index (χ0n) is 20.6. The average molecular weight is 547 g/mol. The topological polar surface area (TPSA) is 97.1 Å². The Morgan fingerprint density at radius 3 is 2.47 bits per heavy atom. The van der Waals surface area contributed by atoms with Crippen molar-refractivity contribution in [2.45, 2.75) is 31.5 Å². The molecule has 1 saturated carbocycles. The SMILES string of the molecule is COc1cnc(-c2c(OC)ncnc2C2CC2)nc1OCc1ccc(-c2nc(C(F)(F)F)cn2C)c(Cl)c1. The summed E-state index contributed by atoms with van der Waals surface area (Å²) in [4.78, 5) is 21.3. The van der Waals surface area contributed by atoms with Gasteiger partial charge in [-0.2, -0.15) is 18.2 Å². The molecule has 0 N–H and O–H groups in total. The van der Waals surface area contributed by atoms with Gasteiger partial charge in [-0.05, 0) is 30.5 Å². The normalized spacial score (nSPS) is 13.4. The number of rotatable bonds is 8. The molecular formula is C25H22ClF3N6O3. The maximum Gasteiger partial charge on any atom is 0.434 e. The fourth-order valence-corrected chi connectivity index (χ4v) is 4.25. The van der Waals surface area contributed by atoms with Gasteiger partial charge in [-0.25, -0.2) is 19.9 Å². The third-order valence-electron chi connectivity index (χ3n) is 5.98. The summed E-state index contributed by atoms with van der Waals surface area (Å²) in [6, 6.07) is 4.89. The summed E-state index contributed by atoms with van der Waals surface area (Å²) in [7, 11) is 4.47. The molecule has 3 heterocycles. The molecule has 0 amide bonds. The van der Waals surface area contributed by atoms with Gasteiger partial charge in [0, 0.05) is 24.7 Å². The summed E-state index contributed by atoms with van der Waals surface area (Å²) in [5.74, 6) is 1.59. The molecule has 0 unspecified atom stereocenters. The van der Waals surface area contributed by atoms with Crippen molar-refractivity contribution < 1.29 is 27.4 Å². The number of ether oxygens (including phenoxy) is 3. The second-order valence-corrected chi connectivity index (χ2v) is 9.05. The fraction of sp³-hybridized carbons (Fsp3) is 0.320. The van der Waals surface area contributed by atoms with E-state index in [1.807, 2.05) is 0 Å². The molecule has 1 fully saturated rings. The monoisotopic (exact) mass is 546 g/mol. The molecule has 38 heavy (non-hydrogen) atoms. The minimum absolute atomic E-state index is 0.0546. The van der Waals surface area contributed by atoms with Crippen LogP contribution in [0.25, 0.3) is 22.8 Å². The van der Waals surface area contributed by atoms with Gasteiger partial charge in [0.25, 0.3) is 5.88 Å². The van der Waals surface area contributed by atoms with Crippen LogP contribution in [0.1, 0.15) is 35.7 Å². The van der Waals surface area contributed by atoms with Gasteiger partial charge >= 0.3 is 6.18 Å². The molecule has 0 saturated heterocycles. The van der Waals surface area contributed by atoms with Gasteiger partial charge in [0.1, 0.15) is 24.3 Å². The fourth-order valence-electron chi connectivity index (χ4n) is 3.97. The third kappa shape index (κ3) is 5.08. The van der Waals surface area contributed by atoms with Crippen LogP contribution in [0, 0.1) is 0 Å². The van der Waals surface area contributed by atoms with Crippen molar-refractivity contribution >= 4 is 11.6 Å². The molecule has 1 aliphatic rings. The van der Waals surface area contributed by atoms with Crippen LogP contribution in [0.5, 0.6) is 17.5 Å². The van der Waals surface area contributed by atoms with E-state index in [0.29, 0.717) is 40.1 Å². The molecule has 1 aromatic carbocycles. The highest BCUT2D eigenvalue weighted by molar-refractivity contribution is 6.33. The summed E-state index contributed by atoms with van der Waals surface area (Å²) in [5.41, 5.74) is 1.45. The number of nitrogens with zero attached hydrogens (tertiary/aromatic N) is 6. The second kappa shape index (κ2) is 10.1. The number of hydrogen-bond acceptors (Lipinski definition) is 8. The van der Waals surface area contributed by atoms with Crippen LogP contribution in [0.2, 0.25) is 5.02 Å². The first kappa shape index (κ1) is 25.7. The molecule has 4 aromatic rings. The maximum atomic E-state index is 13.1. The predicted molar refractivity (Wildman–Crippen MR) is 131 cm³/mol. The van der Waals surface area contributed by atoms with E-state index in [-0.39, 0.29) is 23.3 Å². The van der Waals surface area contributed by atoms with Crippen molar-refractivity contribution in [2.24, 2.45) is 7.05 Å². The van der Waals surface area contributed by atoms with Crippen molar-refractivity contribution in [2.75, 3.05) is 14.2 Å². The van der Waals surface area contributed by atoms with Gasteiger partial charge in [0.15, 0.2) is 17.3 Å². The lowest BCUT2D eigenvalue weighted by molar-refractivity contribution is -0.140. The second-order valence-electron chi connectivity index (χ2n) is 8.65. The van der Waals surface area contributed by atoms with Gasteiger partial charge in [0.2, 0.25) is 5.88 Å². The largest absolute Gasteiger partial charge is 0.490 e. The quantitative estimate of drug-likeness (QED) is 0.287. The standard InChI is InChI=1S/C25H22ClF3N6O3/c1-35-10-18(25(27,28)29)33-22(35)15-7-4-13(8-16(15)26)11-38-23-17(36-2)9-30-21(34-23)19-20(14-5-6-14)31-12-32-24(19)37-3/h4,7-10,12,14H,5-6,11H2,1-3H3. The minimum atomic E-state index is -4.55. The van der Waals surface area contributed by atoms with Crippen LogP contribution >= 0.6 is 11.6 Å². The van der Waals surface area contributed by atoms with Crippen molar-refractivity contribution in [3.05, 3.63) is 58.9 Å². The molecule has 0 spiro atoms. The molecule has 5 rings (SSSR count). The van der Waals surface area contributed by atoms with Gasteiger partial charge in [-0.1, -0.05) is 17.7 Å². The van der Waals surface area contributed by atoms with Gasteiger partial charge < -0.3 is 18.8 Å². The highest BCUT2D eigenvalue weighted by Gasteiger charge is 2.35. The molecule has 9 nitrogen and oxygen atoms in total. The molecule has 1 aliphatic carbocycles. The van der Waals surface area contributed by atoms with Gasteiger partial charge in [-0.3, -0.25) is 0 Å². The maximum absolute atomic E-state index is 13.1. The summed E-state index contributed by atoms with van der Waals surface area (Å²) >= 11 is 6.42. The molecule has 0 atom stereocenters. The number of benzene rings is 1. The van der Waals surface area contributed by atoms with Crippen molar-refractivity contribution in [1.82, 2.24) is 29.5 Å². The number of methoxy groups -OCH3 is 2. The first-order valence-corrected chi connectivity index (χ1v) is 11.9. The predicted octanol–water partition coefficient (Wildman–Crippen LogP) is 5.48. The van der Waals surface area contributed by atoms with E-state index in [1.165, 1.54) is 38.4 Å². The summed E-state index contributed by atoms with van der Waals surface area (Å²) in [6.45, 7) is 0.0546. The Morgan fingerprint density at radius 1 is 1.05 bits per heavy atom. The Balaban J connectivity index is 1.41. The smallest absolute Gasteiger partial charge is 0.434 e. The molecule has 13 heteroatoms. The van der Waals surface area contributed by atoms with Crippen LogP contribution in [-0.4, -0.2) is 43.7 Å². The molecule has 0 bridgehead atoms. The molecule has 0 radical (unpaired) electrons. The van der Waals surface area contributed by atoms with E-state index in [4.69, 9.17) is 25.8 Å². The third-order valence-corrected chi connectivity index (χ3v) is 6.29. The van der Waals surface area contributed by atoms with E-state index in [2.05, 4.69) is 24.9 Å². The summed E-state index contributed by atoms with van der Waals surface area (Å²) in [6.07, 6.45) is 1.35. The zero-order chi connectivity index (χ0) is 27.0. The van der Waals surface area contributed by atoms with Gasteiger partial charge in [0.05, 0.1) is 31.1 Å². The lowest BCUT2D eigenvalue weighted by Gasteiger charge is -2.14. The average Bonchev–Trinajstić information content (AvgIpc) is 3.67. The van der Waals surface area contributed by atoms with Crippen LogP contribution in [0.4, 0.5) is 13.2 Å². The van der Waals surface area contributed by atoms with E-state index < -0.39 is 11.9 Å². The van der Waals surface area contributed by atoms with Crippen LogP contribution in [0.15, 0.2) is 36.9 Å². The van der Waals surface area contributed by atoms with Crippen molar-refractivity contribution in [3.63, 3.8) is 0 Å². The van der Waals surface area contributed by atoms with E-state index in [9.17, 15) is 13.2 Å². The van der Waals surface area contributed by atoms with Crippen LogP contribution < -0.4 is 14.2 Å². The van der Waals surface area contributed by atoms with Crippen LogP contribution in [-0.2, 0) is 19.8 Å². The number of aromatic nitrogens is 6. The summed E-state index contributed by atoms with van der Waals surface area (Å²) < 4.78 is 57.3. The Kier molecular flexibility index (Phi) is 6.82. The Hall–Kier alpha value is -3.93. The highest BCUT2D eigenvalue weighted by atomic mass is 35.5. The number of aryl methyl sites for hydroxylation is 1. The first-order valence-electron chi connectivity index (χ1n) is 11.5.